The molecule has 6 nitrogen and oxygen atoms in total. The molecule has 4 rings (SSSR count). The van der Waals surface area contributed by atoms with Gasteiger partial charge in [0.2, 0.25) is 5.78 Å². The number of ether oxygens (including phenoxy) is 2. The highest BCUT2D eigenvalue weighted by Crippen LogP contribution is 2.30. The summed E-state index contributed by atoms with van der Waals surface area (Å²) in [6.07, 6.45) is 0.352. The highest BCUT2D eigenvalue weighted by molar-refractivity contribution is 6.19. The third kappa shape index (κ3) is 11.2. The maximum absolute atomic E-state index is 12.7. The lowest BCUT2D eigenvalue weighted by molar-refractivity contribution is -0.137. The van der Waals surface area contributed by atoms with Crippen molar-refractivity contribution in [2.45, 2.75) is 31.5 Å². The summed E-state index contributed by atoms with van der Waals surface area (Å²) in [5.41, 5.74) is 1.80. The van der Waals surface area contributed by atoms with Crippen molar-refractivity contribution in [1.29, 1.82) is 0 Å². The number of hydrogen-bond donors (Lipinski definition) is 1. The van der Waals surface area contributed by atoms with Crippen LogP contribution in [0, 0.1) is 0 Å². The lowest BCUT2D eigenvalue weighted by Gasteiger charge is -2.18. The number of ketones is 2. The van der Waals surface area contributed by atoms with Gasteiger partial charge >= 0.3 is 12.1 Å². The zero-order valence-corrected chi connectivity index (χ0v) is 25.7. The van der Waals surface area contributed by atoms with Crippen molar-refractivity contribution in [2.24, 2.45) is 0 Å². The van der Waals surface area contributed by atoms with Crippen molar-refractivity contribution in [3.8, 4) is 0 Å². The molecular weight excluding hydrogens is 607 g/mol. The molecule has 0 spiro atoms. The quantitative estimate of drug-likeness (QED) is 0.104. The molecular formula is C35H35ClF3NO5. The van der Waals surface area contributed by atoms with Crippen LogP contribution in [0.1, 0.15) is 39.9 Å². The molecule has 3 aromatic rings. The van der Waals surface area contributed by atoms with E-state index >= 15 is 0 Å². The Morgan fingerprint density at radius 3 is 2.18 bits per heavy atom. The van der Waals surface area contributed by atoms with Gasteiger partial charge in [-0.05, 0) is 48.7 Å². The van der Waals surface area contributed by atoms with Crippen LogP contribution in [0.15, 0.2) is 121 Å². The molecule has 2 atom stereocenters. The second-order valence-corrected chi connectivity index (χ2v) is 9.92. The number of carbonyl (C=O) groups is 3. The molecule has 0 saturated carbocycles. The van der Waals surface area contributed by atoms with Gasteiger partial charge < -0.3 is 14.8 Å². The summed E-state index contributed by atoms with van der Waals surface area (Å²) in [6.45, 7) is 6.25. The summed E-state index contributed by atoms with van der Waals surface area (Å²) in [6, 6.07) is 23.4. The number of carbonyl (C=O) groups excluding carboxylic acids is 3. The molecule has 0 fully saturated rings. The number of nitrogens with one attached hydrogen (secondary N) is 1. The summed E-state index contributed by atoms with van der Waals surface area (Å²) in [4.78, 5) is 35.6. The second kappa shape index (κ2) is 17.7. The number of hydrogen-bond acceptors (Lipinski definition) is 6. The van der Waals surface area contributed by atoms with Crippen LogP contribution in [0.3, 0.4) is 0 Å². The molecule has 3 aromatic carbocycles. The fourth-order valence-electron chi connectivity index (χ4n) is 4.47. The Balaban J connectivity index is 0.000000317. The molecule has 238 valence electrons. The second-order valence-electron chi connectivity index (χ2n) is 9.92. The smallest absolute Gasteiger partial charge is 0.416 e. The molecule has 1 N–H and O–H groups in total. The van der Waals surface area contributed by atoms with Gasteiger partial charge in [-0.1, -0.05) is 72.8 Å². The van der Waals surface area contributed by atoms with Crippen molar-refractivity contribution in [2.75, 3.05) is 20.3 Å². The highest BCUT2D eigenvalue weighted by atomic mass is 35.5. The molecule has 0 aromatic heterocycles. The van der Waals surface area contributed by atoms with E-state index in [-0.39, 0.29) is 48.3 Å². The van der Waals surface area contributed by atoms with E-state index in [1.54, 1.807) is 36.4 Å². The van der Waals surface area contributed by atoms with Crippen LogP contribution >= 0.6 is 12.4 Å². The molecule has 0 aliphatic heterocycles. The van der Waals surface area contributed by atoms with E-state index in [0.29, 0.717) is 29.7 Å². The minimum Gasteiger partial charge on any atom is -0.493 e. The first-order chi connectivity index (χ1) is 21.0. The Morgan fingerprint density at radius 2 is 1.58 bits per heavy atom. The number of benzene rings is 3. The third-order valence-corrected chi connectivity index (χ3v) is 6.66. The van der Waals surface area contributed by atoms with E-state index in [2.05, 4.69) is 11.9 Å². The topological polar surface area (TPSA) is 81.7 Å². The molecule has 1 aliphatic carbocycles. The maximum Gasteiger partial charge on any atom is 0.416 e. The van der Waals surface area contributed by atoms with Crippen molar-refractivity contribution in [1.82, 2.24) is 5.32 Å². The molecule has 2 unspecified atom stereocenters. The van der Waals surface area contributed by atoms with Crippen molar-refractivity contribution in [3.05, 3.63) is 143 Å². The molecule has 0 heterocycles. The van der Waals surface area contributed by atoms with Gasteiger partial charge in [-0.3, -0.25) is 9.59 Å². The van der Waals surface area contributed by atoms with Crippen molar-refractivity contribution < 1.29 is 37.0 Å². The Morgan fingerprint density at radius 1 is 0.933 bits per heavy atom. The molecule has 0 amide bonds. The monoisotopic (exact) mass is 641 g/mol. The Bertz CT molecular complexity index is 1500. The van der Waals surface area contributed by atoms with Crippen LogP contribution in [0.25, 0.3) is 0 Å². The third-order valence-electron chi connectivity index (χ3n) is 6.66. The molecule has 1 aliphatic rings. The fraction of sp³-hybridized carbons (Fsp3) is 0.229. The first-order valence-corrected chi connectivity index (χ1v) is 13.9. The summed E-state index contributed by atoms with van der Waals surface area (Å²) in [5.74, 6) is -1.12. The van der Waals surface area contributed by atoms with Crippen molar-refractivity contribution >= 4 is 29.9 Å². The number of allylic oxidation sites excluding steroid dienone is 4. The first kappa shape index (κ1) is 36.7. The normalized spacial score (nSPS) is 14.0. The number of alkyl halides is 3. The zero-order chi connectivity index (χ0) is 32.1. The Labute approximate surface area is 267 Å². The van der Waals surface area contributed by atoms with Gasteiger partial charge in [-0.25, -0.2) is 4.79 Å². The molecule has 10 heteroatoms. The summed E-state index contributed by atoms with van der Waals surface area (Å²) in [5, 5.41) is 3.14. The Kier molecular flexibility index (Phi) is 14.5. The fourth-order valence-corrected chi connectivity index (χ4v) is 4.47. The standard InChI is InChI=1S/C19H20F3NO2.C16H14O3.ClH/c1-14(12-15-6-5-9-17(13-15)19(20,21)22)23-10-11-25-18(24)16-7-3-2-4-8-16;1-3-12(11-7-5-4-6-8-11)13-9-15(18)16(19-2)10-14(13)17;/h2-9,13-14,23H,10-12H2,1H3;3-10,12H,1H2,2H3;1H. The van der Waals surface area contributed by atoms with Gasteiger partial charge in [0.1, 0.15) is 6.61 Å². The zero-order valence-electron chi connectivity index (χ0n) is 24.9. The molecule has 0 saturated heterocycles. The van der Waals surface area contributed by atoms with Crippen LogP contribution in [-0.2, 0) is 31.7 Å². The van der Waals surface area contributed by atoms with Crippen molar-refractivity contribution in [3.63, 3.8) is 0 Å². The molecule has 0 radical (unpaired) electrons. The van der Waals surface area contributed by atoms with E-state index < -0.39 is 17.7 Å². The van der Waals surface area contributed by atoms with Crippen LogP contribution in [-0.4, -0.2) is 43.8 Å². The predicted molar refractivity (Wildman–Crippen MR) is 169 cm³/mol. The lowest BCUT2D eigenvalue weighted by Crippen LogP contribution is -2.31. The largest absolute Gasteiger partial charge is 0.493 e. The molecule has 0 bridgehead atoms. The number of methoxy groups -OCH3 is 1. The lowest BCUT2D eigenvalue weighted by atomic mass is 9.85. The van der Waals surface area contributed by atoms with E-state index in [9.17, 15) is 27.6 Å². The Hall–Kier alpha value is -4.47. The summed E-state index contributed by atoms with van der Waals surface area (Å²) < 4.78 is 48.1. The van der Waals surface area contributed by atoms with Gasteiger partial charge in [0.15, 0.2) is 11.5 Å². The van der Waals surface area contributed by atoms with Gasteiger partial charge in [0.25, 0.3) is 0 Å². The van der Waals surface area contributed by atoms with Gasteiger partial charge in [-0.15, -0.1) is 19.0 Å². The van der Waals surface area contributed by atoms with E-state index in [0.717, 1.165) is 17.7 Å². The molecule has 45 heavy (non-hydrogen) atoms. The van der Waals surface area contributed by atoms with Crippen LogP contribution in [0.4, 0.5) is 13.2 Å². The minimum absolute atomic E-state index is 0. The summed E-state index contributed by atoms with van der Waals surface area (Å²) in [7, 11) is 1.37. The van der Waals surface area contributed by atoms with E-state index in [1.807, 2.05) is 43.3 Å². The predicted octanol–water partition coefficient (Wildman–Crippen LogP) is 7.07. The maximum atomic E-state index is 12.7. The van der Waals surface area contributed by atoms with Gasteiger partial charge in [-0.2, -0.15) is 13.2 Å². The van der Waals surface area contributed by atoms with E-state index in [1.165, 1.54) is 25.3 Å². The van der Waals surface area contributed by atoms with Crippen LogP contribution < -0.4 is 5.32 Å². The average molecular weight is 642 g/mol. The highest BCUT2D eigenvalue weighted by Gasteiger charge is 2.30. The van der Waals surface area contributed by atoms with Gasteiger partial charge in [0.05, 0.1) is 18.2 Å². The van der Waals surface area contributed by atoms with Crippen LogP contribution in [0.2, 0.25) is 0 Å². The minimum atomic E-state index is -4.34. The van der Waals surface area contributed by atoms with E-state index in [4.69, 9.17) is 9.47 Å². The number of halogens is 4. The van der Waals surface area contributed by atoms with Gasteiger partial charge in [0, 0.05) is 30.2 Å². The SMILES string of the molecule is C=CC(C1=CC(=O)C(OC)=CC1=O)c1ccccc1.CC(Cc1cccc(C(F)(F)F)c1)NCCOC(=O)c1ccccc1.Cl. The van der Waals surface area contributed by atoms with Crippen LogP contribution in [0.5, 0.6) is 0 Å². The number of esters is 1. The average Bonchev–Trinajstić information content (AvgIpc) is 3.02. The number of rotatable bonds is 11. The first-order valence-electron chi connectivity index (χ1n) is 13.9. The summed E-state index contributed by atoms with van der Waals surface area (Å²) >= 11 is 0.